The molecule has 0 bridgehead atoms. The summed E-state index contributed by atoms with van der Waals surface area (Å²) in [7, 11) is -1.45. The summed E-state index contributed by atoms with van der Waals surface area (Å²) in [6, 6.07) is 1.14. The molecule has 2 N–H and O–H groups in total. The highest BCUT2D eigenvalue weighted by atomic mass is 35.5. The maximum absolute atomic E-state index is 12.2. The molecule has 1 aromatic rings. The van der Waals surface area contributed by atoms with Gasteiger partial charge in [-0.2, -0.15) is 0 Å². The lowest BCUT2D eigenvalue weighted by molar-refractivity contribution is 0.0747. The van der Waals surface area contributed by atoms with Crippen LogP contribution in [0.5, 0.6) is 0 Å². The Hall–Kier alpha value is -1.34. The van der Waals surface area contributed by atoms with Crippen LogP contribution in [0.25, 0.3) is 0 Å². The average Bonchev–Trinajstić information content (AvgIpc) is 2.71. The number of aromatic nitrogens is 1. The zero-order valence-electron chi connectivity index (χ0n) is 10.3. The number of hydrogen-bond donors (Lipinski definition) is 1. The van der Waals surface area contributed by atoms with Gasteiger partial charge in [0.05, 0.1) is 22.1 Å². The molecule has 2 heterocycles. The molecule has 0 saturated carbocycles. The summed E-state index contributed by atoms with van der Waals surface area (Å²) in [5, 5.41) is 0.207. The van der Waals surface area contributed by atoms with Crippen LogP contribution in [0.15, 0.2) is 12.3 Å². The third kappa shape index (κ3) is 2.98. The molecule has 2 rings (SSSR count). The van der Waals surface area contributed by atoms with E-state index in [2.05, 4.69) is 4.98 Å². The van der Waals surface area contributed by atoms with E-state index in [4.69, 9.17) is 17.3 Å². The molecule has 104 valence electrons. The van der Waals surface area contributed by atoms with Crippen LogP contribution in [0.3, 0.4) is 0 Å². The minimum absolute atomic E-state index is 0.00533. The Morgan fingerprint density at radius 2 is 2.26 bits per heavy atom. The molecule has 19 heavy (non-hydrogen) atoms. The number of halogens is 1. The normalized spacial score (nSPS) is 21.3. The molecule has 1 saturated heterocycles. The van der Waals surface area contributed by atoms with E-state index >= 15 is 0 Å². The van der Waals surface area contributed by atoms with Gasteiger partial charge in [-0.05, 0) is 12.5 Å². The summed E-state index contributed by atoms with van der Waals surface area (Å²) in [5.74, 6) is -0.0256. The van der Waals surface area contributed by atoms with E-state index in [-0.39, 0.29) is 34.3 Å². The lowest BCUT2D eigenvalue weighted by Gasteiger charge is -2.23. The average molecular weight is 304 g/mol. The minimum Gasteiger partial charge on any atom is -0.382 e. The predicted octanol–water partition coefficient (Wildman–Crippen LogP) is 0.576. The molecule has 0 aromatic carbocycles. The topological polar surface area (TPSA) is 93.4 Å². The number of amides is 1. The first kappa shape index (κ1) is 14.1. The summed E-state index contributed by atoms with van der Waals surface area (Å²) in [5.41, 5.74) is 5.77. The molecule has 8 heteroatoms. The van der Waals surface area contributed by atoms with Crippen molar-refractivity contribution in [2.75, 3.05) is 24.3 Å². The van der Waals surface area contributed by atoms with E-state index in [1.165, 1.54) is 17.2 Å². The van der Waals surface area contributed by atoms with E-state index in [1.54, 1.807) is 7.05 Å². The van der Waals surface area contributed by atoms with Crippen molar-refractivity contribution in [2.24, 2.45) is 0 Å². The molecule has 6 nitrogen and oxygen atoms in total. The molecule has 1 aliphatic heterocycles. The Kier molecular flexibility index (Phi) is 3.69. The van der Waals surface area contributed by atoms with E-state index in [0.29, 0.717) is 12.0 Å². The Morgan fingerprint density at radius 3 is 2.79 bits per heavy atom. The first-order valence-electron chi connectivity index (χ1n) is 5.69. The molecule has 1 aliphatic rings. The second-order valence-corrected chi connectivity index (χ2v) is 7.20. The van der Waals surface area contributed by atoms with Crippen LogP contribution in [0.2, 0.25) is 5.02 Å². The number of nitrogens with two attached hydrogens (primary N) is 1. The highest BCUT2D eigenvalue weighted by Crippen LogP contribution is 2.21. The van der Waals surface area contributed by atoms with Gasteiger partial charge < -0.3 is 10.6 Å². The van der Waals surface area contributed by atoms with Crippen molar-refractivity contribution in [2.45, 2.75) is 12.5 Å². The van der Waals surface area contributed by atoms with E-state index in [0.717, 1.165) is 0 Å². The summed E-state index contributed by atoms with van der Waals surface area (Å²) < 4.78 is 22.8. The Balaban J connectivity index is 2.17. The van der Waals surface area contributed by atoms with Crippen molar-refractivity contribution in [1.82, 2.24) is 9.88 Å². The number of pyridine rings is 1. The van der Waals surface area contributed by atoms with E-state index < -0.39 is 9.84 Å². The highest BCUT2D eigenvalue weighted by Gasteiger charge is 2.33. The smallest absolute Gasteiger partial charge is 0.255 e. The fraction of sp³-hybridized carbons (Fsp3) is 0.455. The van der Waals surface area contributed by atoms with Crippen LogP contribution in [-0.4, -0.2) is 48.8 Å². The monoisotopic (exact) mass is 303 g/mol. The van der Waals surface area contributed by atoms with Gasteiger partial charge in [0.25, 0.3) is 5.91 Å². The van der Waals surface area contributed by atoms with Gasteiger partial charge in [-0.1, -0.05) is 11.6 Å². The molecule has 0 spiro atoms. The molecule has 0 radical (unpaired) electrons. The van der Waals surface area contributed by atoms with Gasteiger partial charge in [0.15, 0.2) is 9.84 Å². The predicted molar refractivity (Wildman–Crippen MR) is 72.8 cm³/mol. The zero-order valence-corrected chi connectivity index (χ0v) is 11.9. The maximum atomic E-state index is 12.2. The Morgan fingerprint density at radius 1 is 1.58 bits per heavy atom. The zero-order chi connectivity index (χ0) is 14.2. The lowest BCUT2D eigenvalue weighted by Crippen LogP contribution is -2.37. The summed E-state index contributed by atoms with van der Waals surface area (Å²) in [4.78, 5) is 17.4. The standard InChI is InChI=1S/C11H14ClN3O3S/c1-15(8-2-3-19(17,18)6-8)11(16)7-4-9(12)10(13)14-5-7/h4-5,8H,2-3,6H2,1H3,(H2,13,14). The summed E-state index contributed by atoms with van der Waals surface area (Å²) >= 11 is 5.81. The molecule has 1 aromatic heterocycles. The van der Waals surface area contributed by atoms with Crippen LogP contribution in [0.1, 0.15) is 16.8 Å². The number of rotatable bonds is 2. The largest absolute Gasteiger partial charge is 0.382 e. The Labute approximate surface area is 116 Å². The van der Waals surface area contributed by atoms with Crippen LogP contribution in [-0.2, 0) is 9.84 Å². The molecule has 1 fully saturated rings. The minimum atomic E-state index is -3.03. The summed E-state index contributed by atoms with van der Waals surface area (Å²) in [6.07, 6.45) is 1.80. The summed E-state index contributed by atoms with van der Waals surface area (Å²) in [6.45, 7) is 0. The number of carbonyl (C=O) groups is 1. The number of carbonyl (C=O) groups excluding carboxylic acids is 1. The first-order valence-corrected chi connectivity index (χ1v) is 7.89. The molecule has 1 amide bonds. The Bertz CT molecular complexity index is 618. The molecular formula is C11H14ClN3O3S. The third-order valence-corrected chi connectivity index (χ3v) is 5.25. The second kappa shape index (κ2) is 4.97. The van der Waals surface area contributed by atoms with E-state index in [9.17, 15) is 13.2 Å². The SMILES string of the molecule is CN(C(=O)c1cnc(N)c(Cl)c1)C1CCS(=O)(=O)C1. The van der Waals surface area contributed by atoms with Crippen LogP contribution < -0.4 is 5.73 Å². The number of hydrogen-bond acceptors (Lipinski definition) is 5. The van der Waals surface area contributed by atoms with Crippen molar-refractivity contribution in [3.63, 3.8) is 0 Å². The van der Waals surface area contributed by atoms with E-state index in [1.807, 2.05) is 0 Å². The molecule has 0 aliphatic carbocycles. The maximum Gasteiger partial charge on any atom is 0.255 e. The molecule has 1 atom stereocenters. The van der Waals surface area contributed by atoms with Crippen molar-refractivity contribution in [1.29, 1.82) is 0 Å². The van der Waals surface area contributed by atoms with Gasteiger partial charge >= 0.3 is 0 Å². The van der Waals surface area contributed by atoms with Crippen molar-refractivity contribution in [3.05, 3.63) is 22.8 Å². The van der Waals surface area contributed by atoms with Crippen molar-refractivity contribution >= 4 is 33.2 Å². The molecular weight excluding hydrogens is 290 g/mol. The fourth-order valence-electron chi connectivity index (χ4n) is 2.02. The van der Waals surface area contributed by atoms with Gasteiger partial charge in [-0.15, -0.1) is 0 Å². The third-order valence-electron chi connectivity index (χ3n) is 3.19. The number of nitrogen functional groups attached to an aromatic ring is 1. The van der Waals surface area contributed by atoms with Crippen LogP contribution in [0, 0.1) is 0 Å². The fourth-order valence-corrected chi connectivity index (χ4v) is 3.96. The van der Waals surface area contributed by atoms with Crippen molar-refractivity contribution in [3.8, 4) is 0 Å². The van der Waals surface area contributed by atoms with Crippen molar-refractivity contribution < 1.29 is 13.2 Å². The quantitative estimate of drug-likeness (QED) is 0.862. The number of sulfone groups is 1. The van der Waals surface area contributed by atoms with Gasteiger partial charge in [-0.25, -0.2) is 13.4 Å². The van der Waals surface area contributed by atoms with Crippen LogP contribution >= 0.6 is 11.6 Å². The van der Waals surface area contributed by atoms with Gasteiger partial charge in [0, 0.05) is 19.3 Å². The van der Waals surface area contributed by atoms with Crippen LogP contribution in [0.4, 0.5) is 5.82 Å². The van der Waals surface area contributed by atoms with Gasteiger partial charge in [-0.3, -0.25) is 4.79 Å². The second-order valence-electron chi connectivity index (χ2n) is 4.56. The number of nitrogens with zero attached hydrogens (tertiary/aromatic N) is 2. The number of anilines is 1. The van der Waals surface area contributed by atoms with Gasteiger partial charge in [0.1, 0.15) is 5.82 Å². The first-order chi connectivity index (χ1) is 8.80. The molecule has 1 unspecified atom stereocenters. The van der Waals surface area contributed by atoms with Gasteiger partial charge in [0.2, 0.25) is 0 Å². The highest BCUT2D eigenvalue weighted by molar-refractivity contribution is 7.91. The lowest BCUT2D eigenvalue weighted by atomic mass is 10.2.